The van der Waals surface area contributed by atoms with Gasteiger partial charge in [0.05, 0.1) is 12.7 Å². The molecule has 2 fully saturated rings. The van der Waals surface area contributed by atoms with E-state index in [1.54, 1.807) is 0 Å². The summed E-state index contributed by atoms with van der Waals surface area (Å²) in [6.45, 7) is 2.35. The smallest absolute Gasteiger partial charge is 0.220 e. The Kier molecular flexibility index (Phi) is 9.12. The minimum atomic E-state index is -0.597. The number of epoxide rings is 1. The lowest BCUT2D eigenvalue weighted by atomic mass is 10.1. The van der Waals surface area contributed by atoms with E-state index in [9.17, 15) is 9.90 Å². The number of amides is 1. The van der Waals surface area contributed by atoms with Crippen LogP contribution in [-0.2, 0) is 19.0 Å². The molecule has 0 aromatic carbocycles. The van der Waals surface area contributed by atoms with Gasteiger partial charge in [-0.25, -0.2) is 0 Å². The molecule has 2 rings (SSSR count). The second kappa shape index (κ2) is 11.1. The van der Waals surface area contributed by atoms with Gasteiger partial charge in [-0.2, -0.15) is 0 Å². The zero-order valence-corrected chi connectivity index (χ0v) is 15.2. The number of unbranched alkanes of at least 4 members (excludes halogenated alkanes) is 5. The molecular formula is C18H33NO6. The van der Waals surface area contributed by atoms with Crippen molar-refractivity contribution in [3.05, 3.63) is 0 Å². The van der Waals surface area contributed by atoms with Gasteiger partial charge in [0.2, 0.25) is 5.91 Å². The largest absolute Gasteiger partial charge is 0.395 e. The summed E-state index contributed by atoms with van der Waals surface area (Å²) in [5, 5.41) is 21.2. The van der Waals surface area contributed by atoms with Crippen LogP contribution >= 0.6 is 0 Å². The predicted molar refractivity (Wildman–Crippen MR) is 91.7 cm³/mol. The zero-order valence-electron chi connectivity index (χ0n) is 15.2. The molecule has 0 spiro atoms. The van der Waals surface area contributed by atoms with E-state index >= 15 is 0 Å². The van der Waals surface area contributed by atoms with E-state index in [4.69, 9.17) is 19.3 Å². The number of aliphatic hydroxyl groups excluding tert-OH is 2. The first-order chi connectivity index (χ1) is 12.1. The summed E-state index contributed by atoms with van der Waals surface area (Å²) in [6, 6.07) is 0. The number of aliphatic hydroxyl groups is 2. The van der Waals surface area contributed by atoms with Crippen LogP contribution in [0.2, 0.25) is 0 Å². The van der Waals surface area contributed by atoms with Crippen LogP contribution in [0.5, 0.6) is 0 Å². The van der Waals surface area contributed by atoms with Gasteiger partial charge in [0.1, 0.15) is 12.2 Å². The Balaban J connectivity index is 1.39. The predicted octanol–water partition coefficient (Wildman–Crippen LogP) is 1.45. The van der Waals surface area contributed by atoms with Crippen LogP contribution in [0.15, 0.2) is 0 Å². The fourth-order valence-corrected chi connectivity index (χ4v) is 3.11. The van der Waals surface area contributed by atoms with Crippen LogP contribution < -0.4 is 5.32 Å². The van der Waals surface area contributed by atoms with Crippen LogP contribution in [0.3, 0.4) is 0 Å². The average molecular weight is 359 g/mol. The molecule has 2 aliphatic rings. The molecule has 0 radical (unpaired) electrons. The second-order valence-corrected chi connectivity index (χ2v) is 7.03. The fourth-order valence-electron chi connectivity index (χ4n) is 3.11. The maximum absolute atomic E-state index is 11.3. The third kappa shape index (κ3) is 8.00. The SMILES string of the molecule is C[C@H](CCCCCCCCC(=O)NCCO)OC1OC2O[C@@H]2C[C@@H]1O. The van der Waals surface area contributed by atoms with Gasteiger partial charge in [0, 0.05) is 19.4 Å². The van der Waals surface area contributed by atoms with Crippen LogP contribution in [0.4, 0.5) is 0 Å². The van der Waals surface area contributed by atoms with E-state index in [0.29, 0.717) is 19.4 Å². The highest BCUT2D eigenvalue weighted by Crippen LogP contribution is 2.36. The molecule has 146 valence electrons. The number of carbonyl (C=O) groups is 1. The van der Waals surface area contributed by atoms with E-state index in [0.717, 1.165) is 44.9 Å². The summed E-state index contributed by atoms with van der Waals surface area (Å²) < 4.78 is 16.5. The second-order valence-electron chi connectivity index (χ2n) is 7.03. The zero-order chi connectivity index (χ0) is 18.1. The fraction of sp³-hybridized carbons (Fsp3) is 0.944. The Hall–Kier alpha value is -0.730. The van der Waals surface area contributed by atoms with Crippen molar-refractivity contribution in [1.29, 1.82) is 0 Å². The first kappa shape index (κ1) is 20.6. The van der Waals surface area contributed by atoms with Crippen LogP contribution in [0.25, 0.3) is 0 Å². The standard InChI is InChI=1S/C18H33NO6/c1-13(23-17-14(21)12-15-18(24-15)25-17)8-6-4-2-3-5-7-9-16(22)19-10-11-20/h13-15,17-18,20-21H,2-12H2,1H3,(H,19,22)/t13-,14+,15-,17?,18?/m1/s1. The molecule has 7 nitrogen and oxygen atoms in total. The number of hydrogen-bond acceptors (Lipinski definition) is 6. The number of nitrogens with one attached hydrogen (secondary N) is 1. The van der Waals surface area contributed by atoms with Gasteiger partial charge >= 0.3 is 0 Å². The summed E-state index contributed by atoms with van der Waals surface area (Å²) in [7, 11) is 0. The monoisotopic (exact) mass is 359 g/mol. The maximum Gasteiger partial charge on any atom is 0.220 e. The molecule has 0 aliphatic carbocycles. The highest BCUT2D eigenvalue weighted by molar-refractivity contribution is 5.75. The third-order valence-corrected chi connectivity index (χ3v) is 4.66. The Labute approximate surface area is 150 Å². The molecule has 2 aliphatic heterocycles. The van der Waals surface area contributed by atoms with E-state index in [-0.39, 0.29) is 31.0 Å². The quantitative estimate of drug-likeness (QED) is 0.340. The van der Waals surface area contributed by atoms with Gasteiger partial charge in [-0.15, -0.1) is 0 Å². The van der Waals surface area contributed by atoms with E-state index in [2.05, 4.69) is 5.32 Å². The van der Waals surface area contributed by atoms with Gasteiger partial charge in [-0.05, 0) is 19.8 Å². The van der Waals surface area contributed by atoms with E-state index < -0.39 is 12.4 Å². The molecule has 25 heavy (non-hydrogen) atoms. The molecule has 0 bridgehead atoms. The van der Waals surface area contributed by atoms with Crippen molar-refractivity contribution in [2.45, 2.75) is 95.6 Å². The van der Waals surface area contributed by atoms with E-state index in [1.807, 2.05) is 6.92 Å². The minimum Gasteiger partial charge on any atom is -0.395 e. The Morgan fingerprint density at radius 2 is 1.92 bits per heavy atom. The lowest BCUT2D eigenvalue weighted by molar-refractivity contribution is -0.239. The summed E-state index contributed by atoms with van der Waals surface area (Å²) in [6.07, 6.45) is 7.36. The highest BCUT2D eigenvalue weighted by Gasteiger charge is 2.50. The molecule has 2 saturated heterocycles. The maximum atomic E-state index is 11.3. The molecule has 1 amide bonds. The highest BCUT2D eigenvalue weighted by atomic mass is 16.8. The van der Waals surface area contributed by atoms with E-state index in [1.165, 1.54) is 0 Å². The van der Waals surface area contributed by atoms with Crippen molar-refractivity contribution >= 4 is 5.91 Å². The summed E-state index contributed by atoms with van der Waals surface area (Å²) in [4.78, 5) is 11.3. The average Bonchev–Trinajstić information content (AvgIpc) is 3.33. The molecule has 5 atom stereocenters. The van der Waals surface area contributed by atoms with Gasteiger partial charge in [-0.3, -0.25) is 4.79 Å². The Bertz CT molecular complexity index is 394. The Morgan fingerprint density at radius 1 is 1.20 bits per heavy atom. The van der Waals surface area contributed by atoms with Crippen molar-refractivity contribution in [2.75, 3.05) is 13.2 Å². The molecule has 0 saturated carbocycles. The Morgan fingerprint density at radius 3 is 2.68 bits per heavy atom. The first-order valence-corrected chi connectivity index (χ1v) is 9.62. The number of fused-ring (bicyclic) bond motifs is 1. The molecule has 0 aromatic rings. The van der Waals surface area contributed by atoms with Crippen molar-refractivity contribution in [3.63, 3.8) is 0 Å². The third-order valence-electron chi connectivity index (χ3n) is 4.66. The topological polar surface area (TPSA) is 101 Å². The van der Waals surface area contributed by atoms with Gasteiger partial charge in [-0.1, -0.05) is 32.1 Å². The normalized spacial score (nSPS) is 29.1. The van der Waals surface area contributed by atoms with Crippen molar-refractivity contribution < 1.29 is 29.2 Å². The lowest BCUT2D eigenvalue weighted by Gasteiger charge is -2.28. The van der Waals surface area contributed by atoms with Gasteiger partial charge < -0.3 is 29.7 Å². The number of rotatable bonds is 13. The molecule has 3 N–H and O–H groups in total. The van der Waals surface area contributed by atoms with Crippen LogP contribution in [0.1, 0.15) is 64.7 Å². The minimum absolute atomic E-state index is 0.00537. The molecule has 0 aromatic heterocycles. The molecule has 2 unspecified atom stereocenters. The van der Waals surface area contributed by atoms with Crippen molar-refractivity contribution in [2.24, 2.45) is 0 Å². The summed E-state index contributed by atoms with van der Waals surface area (Å²) in [5.41, 5.74) is 0. The first-order valence-electron chi connectivity index (χ1n) is 9.62. The number of ether oxygens (including phenoxy) is 3. The van der Waals surface area contributed by atoms with Crippen molar-refractivity contribution in [3.8, 4) is 0 Å². The lowest BCUT2D eigenvalue weighted by Crippen LogP contribution is -2.40. The molecule has 7 heteroatoms. The van der Waals surface area contributed by atoms with Crippen LogP contribution in [0, 0.1) is 0 Å². The van der Waals surface area contributed by atoms with Crippen LogP contribution in [-0.4, -0.2) is 60.2 Å². The summed E-state index contributed by atoms with van der Waals surface area (Å²) in [5.74, 6) is 0.0232. The van der Waals surface area contributed by atoms with Crippen molar-refractivity contribution in [1.82, 2.24) is 5.32 Å². The van der Waals surface area contributed by atoms with Gasteiger partial charge in [0.15, 0.2) is 12.6 Å². The number of carbonyl (C=O) groups excluding carboxylic acids is 1. The van der Waals surface area contributed by atoms with Gasteiger partial charge in [0.25, 0.3) is 0 Å². The number of hydrogen-bond donors (Lipinski definition) is 3. The molecule has 2 heterocycles. The molecular weight excluding hydrogens is 326 g/mol. The summed E-state index contributed by atoms with van der Waals surface area (Å²) >= 11 is 0.